The Hall–Kier alpha value is -2.79. The first-order valence-corrected chi connectivity index (χ1v) is 12.1. The van der Waals surface area contributed by atoms with E-state index in [4.69, 9.17) is 4.74 Å². The molecular weight excluding hydrogens is 402 g/mol. The van der Waals surface area contributed by atoms with Crippen LogP contribution in [0.4, 0.5) is 0 Å². The lowest BCUT2D eigenvalue weighted by atomic mass is 10.1. The average molecular weight is 430 g/mol. The van der Waals surface area contributed by atoms with Crippen molar-refractivity contribution in [2.45, 2.75) is 56.2 Å². The van der Waals surface area contributed by atoms with Crippen molar-refractivity contribution in [1.29, 1.82) is 0 Å². The van der Waals surface area contributed by atoms with Gasteiger partial charge in [0.05, 0.1) is 6.10 Å². The number of rotatable bonds is 7. The number of benzene rings is 3. The minimum absolute atomic E-state index is 0.377. The van der Waals surface area contributed by atoms with E-state index in [2.05, 4.69) is 88.4 Å². The lowest BCUT2D eigenvalue weighted by Gasteiger charge is -2.13. The number of hydrogen-bond acceptors (Lipinski definition) is 4. The third kappa shape index (κ3) is 4.33. The summed E-state index contributed by atoms with van der Waals surface area (Å²) < 4.78 is 8.30. The van der Waals surface area contributed by atoms with Crippen molar-refractivity contribution in [3.8, 4) is 17.1 Å². The lowest BCUT2D eigenvalue weighted by molar-refractivity contribution is 0.210. The largest absolute Gasteiger partial charge is 0.490 e. The van der Waals surface area contributed by atoms with Crippen LogP contribution < -0.4 is 4.74 Å². The van der Waals surface area contributed by atoms with Crippen LogP contribution in [0.15, 0.2) is 71.9 Å². The van der Waals surface area contributed by atoms with Gasteiger partial charge in [-0.05, 0) is 73.2 Å². The molecule has 1 heterocycles. The summed E-state index contributed by atoms with van der Waals surface area (Å²) in [6.45, 7) is 2.98. The number of nitrogens with zero attached hydrogens (tertiary/aromatic N) is 3. The third-order valence-electron chi connectivity index (χ3n) is 5.99. The molecule has 5 heteroatoms. The number of ether oxygens (including phenoxy) is 1. The number of thioether (sulfide) groups is 1. The quantitative estimate of drug-likeness (QED) is 0.305. The van der Waals surface area contributed by atoms with E-state index in [1.165, 1.54) is 42.0 Å². The van der Waals surface area contributed by atoms with Gasteiger partial charge in [0, 0.05) is 17.9 Å². The third-order valence-corrected chi connectivity index (χ3v) is 7.00. The van der Waals surface area contributed by atoms with Crippen LogP contribution in [0.2, 0.25) is 0 Å². The molecule has 1 saturated carbocycles. The molecular formula is C26H27N3OS. The zero-order valence-corrected chi connectivity index (χ0v) is 18.6. The molecule has 0 bridgehead atoms. The van der Waals surface area contributed by atoms with E-state index in [1.807, 2.05) is 0 Å². The van der Waals surface area contributed by atoms with Gasteiger partial charge in [0.15, 0.2) is 11.0 Å². The number of aromatic nitrogens is 3. The van der Waals surface area contributed by atoms with Crippen molar-refractivity contribution in [1.82, 2.24) is 14.8 Å². The van der Waals surface area contributed by atoms with Gasteiger partial charge in [-0.1, -0.05) is 54.2 Å². The Kier molecular flexibility index (Phi) is 5.94. The molecule has 5 rings (SSSR count). The van der Waals surface area contributed by atoms with E-state index >= 15 is 0 Å². The maximum atomic E-state index is 6.10. The second-order valence-electron chi connectivity index (χ2n) is 8.03. The van der Waals surface area contributed by atoms with Crippen LogP contribution in [0.1, 0.15) is 38.2 Å². The van der Waals surface area contributed by atoms with Crippen molar-refractivity contribution in [3.05, 3.63) is 72.3 Å². The first kappa shape index (κ1) is 20.1. The molecule has 1 fully saturated rings. The first-order valence-electron chi connectivity index (χ1n) is 11.1. The van der Waals surface area contributed by atoms with Crippen LogP contribution in [0, 0.1) is 0 Å². The Labute approximate surface area is 187 Å². The minimum Gasteiger partial charge on any atom is -0.490 e. The Bertz CT molecular complexity index is 1160. The molecule has 0 saturated heterocycles. The van der Waals surface area contributed by atoms with Crippen LogP contribution in [0.3, 0.4) is 0 Å². The fourth-order valence-corrected chi connectivity index (χ4v) is 5.34. The van der Waals surface area contributed by atoms with Gasteiger partial charge in [-0.15, -0.1) is 10.2 Å². The van der Waals surface area contributed by atoms with Crippen molar-refractivity contribution in [2.75, 3.05) is 0 Å². The molecule has 1 aliphatic carbocycles. The smallest absolute Gasteiger partial charge is 0.191 e. The molecule has 3 aromatic carbocycles. The molecule has 0 aliphatic heterocycles. The molecule has 0 atom stereocenters. The maximum absolute atomic E-state index is 6.10. The SMILES string of the molecule is CCn1c(SCc2cccc3ccccc23)nnc1-c1ccc(OC2CCCC2)cc1. The van der Waals surface area contributed by atoms with E-state index in [9.17, 15) is 0 Å². The molecule has 31 heavy (non-hydrogen) atoms. The van der Waals surface area contributed by atoms with Crippen molar-refractivity contribution in [2.24, 2.45) is 0 Å². The van der Waals surface area contributed by atoms with E-state index < -0.39 is 0 Å². The van der Waals surface area contributed by atoms with Gasteiger partial charge in [0.1, 0.15) is 5.75 Å². The van der Waals surface area contributed by atoms with Gasteiger partial charge >= 0.3 is 0 Å². The summed E-state index contributed by atoms with van der Waals surface area (Å²) in [6.07, 6.45) is 5.28. The predicted molar refractivity (Wildman–Crippen MR) is 128 cm³/mol. The van der Waals surface area contributed by atoms with Crippen LogP contribution in [-0.2, 0) is 12.3 Å². The van der Waals surface area contributed by atoms with Gasteiger partial charge in [0.25, 0.3) is 0 Å². The summed E-state index contributed by atoms with van der Waals surface area (Å²) in [7, 11) is 0. The van der Waals surface area contributed by atoms with Gasteiger partial charge < -0.3 is 9.30 Å². The summed E-state index contributed by atoms with van der Waals surface area (Å²) >= 11 is 1.74. The molecule has 0 spiro atoms. The van der Waals surface area contributed by atoms with E-state index in [1.54, 1.807) is 11.8 Å². The molecule has 0 unspecified atom stereocenters. The monoisotopic (exact) mass is 429 g/mol. The maximum Gasteiger partial charge on any atom is 0.191 e. The molecule has 158 valence electrons. The topological polar surface area (TPSA) is 39.9 Å². The second kappa shape index (κ2) is 9.15. The summed E-state index contributed by atoms with van der Waals surface area (Å²) in [5.41, 5.74) is 2.40. The Morgan fingerprint density at radius 1 is 0.935 bits per heavy atom. The molecule has 0 radical (unpaired) electrons. The highest BCUT2D eigenvalue weighted by molar-refractivity contribution is 7.98. The van der Waals surface area contributed by atoms with E-state index in [0.717, 1.165) is 34.6 Å². The Morgan fingerprint density at radius 2 is 1.71 bits per heavy atom. The molecule has 0 N–H and O–H groups in total. The summed E-state index contributed by atoms with van der Waals surface area (Å²) in [5, 5.41) is 12.6. The van der Waals surface area contributed by atoms with Crippen molar-refractivity contribution >= 4 is 22.5 Å². The predicted octanol–water partition coefficient (Wildman–Crippen LogP) is 6.73. The molecule has 4 nitrogen and oxygen atoms in total. The molecule has 1 aromatic heterocycles. The van der Waals surface area contributed by atoms with Gasteiger partial charge in [-0.3, -0.25) is 0 Å². The summed E-state index contributed by atoms with van der Waals surface area (Å²) in [5.74, 6) is 2.73. The van der Waals surface area contributed by atoms with Crippen LogP contribution in [-0.4, -0.2) is 20.9 Å². The van der Waals surface area contributed by atoms with E-state index in [0.29, 0.717) is 6.10 Å². The Morgan fingerprint density at radius 3 is 2.52 bits per heavy atom. The normalized spacial score (nSPS) is 14.4. The first-order chi connectivity index (χ1) is 15.3. The fourth-order valence-electron chi connectivity index (χ4n) is 4.34. The lowest BCUT2D eigenvalue weighted by Crippen LogP contribution is -2.10. The van der Waals surface area contributed by atoms with Crippen LogP contribution in [0.5, 0.6) is 5.75 Å². The second-order valence-corrected chi connectivity index (χ2v) is 8.97. The van der Waals surface area contributed by atoms with Gasteiger partial charge in [0.2, 0.25) is 0 Å². The van der Waals surface area contributed by atoms with Gasteiger partial charge in [-0.2, -0.15) is 0 Å². The van der Waals surface area contributed by atoms with Gasteiger partial charge in [-0.25, -0.2) is 0 Å². The number of hydrogen-bond donors (Lipinski definition) is 0. The highest BCUT2D eigenvalue weighted by Gasteiger charge is 2.17. The highest BCUT2D eigenvalue weighted by Crippen LogP contribution is 2.30. The molecule has 4 aromatic rings. The molecule has 0 amide bonds. The highest BCUT2D eigenvalue weighted by atomic mass is 32.2. The van der Waals surface area contributed by atoms with Crippen LogP contribution in [0.25, 0.3) is 22.2 Å². The standard InChI is InChI=1S/C26H27N3OS/c1-2-29-25(20-14-16-23(17-15-20)30-22-11-4-5-12-22)27-28-26(29)31-18-21-10-7-9-19-8-3-6-13-24(19)21/h3,6-10,13-17,22H,2,4-5,11-12,18H2,1H3. The number of fused-ring (bicyclic) bond motifs is 1. The zero-order valence-electron chi connectivity index (χ0n) is 17.8. The van der Waals surface area contributed by atoms with Crippen molar-refractivity contribution in [3.63, 3.8) is 0 Å². The molecule has 1 aliphatic rings. The fraction of sp³-hybridized carbons (Fsp3) is 0.308. The summed E-state index contributed by atoms with van der Waals surface area (Å²) in [4.78, 5) is 0. The zero-order chi connectivity index (χ0) is 21.0. The van der Waals surface area contributed by atoms with Crippen molar-refractivity contribution < 1.29 is 4.74 Å². The van der Waals surface area contributed by atoms with E-state index in [-0.39, 0.29) is 0 Å². The summed E-state index contributed by atoms with van der Waals surface area (Å²) in [6, 6.07) is 23.3. The minimum atomic E-state index is 0.377. The average Bonchev–Trinajstić information content (AvgIpc) is 3.48. The van der Waals surface area contributed by atoms with Crippen LogP contribution >= 0.6 is 11.8 Å². The Balaban J connectivity index is 1.33.